The van der Waals surface area contributed by atoms with Crippen molar-refractivity contribution < 1.29 is 13.9 Å². The van der Waals surface area contributed by atoms with Gasteiger partial charge in [0, 0.05) is 5.56 Å². The summed E-state index contributed by atoms with van der Waals surface area (Å²) in [4.78, 5) is 11.9. The Hall–Kier alpha value is -2.93. The maximum atomic E-state index is 13.5. The first-order valence-electron chi connectivity index (χ1n) is 6.20. The zero-order valence-electron chi connectivity index (χ0n) is 11.3. The molecule has 0 aliphatic carbocycles. The zero-order chi connectivity index (χ0) is 15.2. The molecule has 0 radical (unpaired) electrons. The lowest BCUT2D eigenvalue weighted by atomic mass is 10.1. The van der Waals surface area contributed by atoms with Crippen LogP contribution in [-0.4, -0.2) is 12.9 Å². The van der Waals surface area contributed by atoms with Gasteiger partial charge in [-0.1, -0.05) is 12.1 Å². The Balaban J connectivity index is 2.14. The van der Waals surface area contributed by atoms with Crippen LogP contribution in [0.3, 0.4) is 0 Å². The molecule has 0 atom stereocenters. The first-order chi connectivity index (χ1) is 10.1. The molecule has 2 aromatic carbocycles. The topological polar surface area (TPSA) is 50.1 Å². The van der Waals surface area contributed by atoms with Crippen molar-refractivity contribution in [3.8, 4) is 11.8 Å². The molecule has 2 aromatic rings. The minimum atomic E-state index is -0.481. The van der Waals surface area contributed by atoms with Crippen molar-refractivity contribution in [3.05, 3.63) is 71.0 Å². The van der Waals surface area contributed by atoms with Crippen molar-refractivity contribution in [2.45, 2.75) is 0 Å². The Morgan fingerprint density at radius 3 is 2.52 bits per heavy atom. The van der Waals surface area contributed by atoms with Gasteiger partial charge in [0.1, 0.15) is 0 Å². The fourth-order valence-corrected chi connectivity index (χ4v) is 1.76. The highest BCUT2D eigenvalue weighted by Gasteiger charge is 2.04. The number of nitrogens with zero attached hydrogens (tertiary/aromatic N) is 1. The average Bonchev–Trinajstić information content (AvgIpc) is 2.52. The van der Waals surface area contributed by atoms with Crippen LogP contribution in [0.25, 0.3) is 6.08 Å². The average molecular weight is 281 g/mol. The van der Waals surface area contributed by atoms with E-state index in [-0.39, 0.29) is 11.5 Å². The van der Waals surface area contributed by atoms with Crippen LogP contribution < -0.4 is 4.74 Å². The lowest BCUT2D eigenvalue weighted by molar-refractivity contribution is 0.104. The highest BCUT2D eigenvalue weighted by Crippen LogP contribution is 2.18. The van der Waals surface area contributed by atoms with Crippen LogP contribution in [0.15, 0.2) is 48.5 Å². The Labute approximate surface area is 121 Å². The molecule has 0 spiro atoms. The molecule has 0 unspecified atom stereocenters. The Bertz CT molecular complexity index is 727. The van der Waals surface area contributed by atoms with Crippen LogP contribution in [0, 0.1) is 17.1 Å². The number of ketones is 1. The number of benzene rings is 2. The van der Waals surface area contributed by atoms with E-state index in [1.165, 1.54) is 31.4 Å². The molecule has 3 nitrogen and oxygen atoms in total. The highest BCUT2D eigenvalue weighted by molar-refractivity contribution is 6.06. The minimum Gasteiger partial charge on any atom is -0.494 e. The van der Waals surface area contributed by atoms with Gasteiger partial charge in [-0.15, -0.1) is 0 Å². The smallest absolute Gasteiger partial charge is 0.185 e. The second-order valence-electron chi connectivity index (χ2n) is 4.28. The molecule has 0 aromatic heterocycles. The molecule has 0 saturated carbocycles. The zero-order valence-corrected chi connectivity index (χ0v) is 11.3. The van der Waals surface area contributed by atoms with E-state index in [0.29, 0.717) is 16.7 Å². The molecule has 0 fully saturated rings. The van der Waals surface area contributed by atoms with E-state index in [2.05, 4.69) is 0 Å². The lowest BCUT2D eigenvalue weighted by Crippen LogP contribution is -1.94. The monoisotopic (exact) mass is 281 g/mol. The fraction of sp³-hybridized carbons (Fsp3) is 0.0588. The van der Waals surface area contributed by atoms with Gasteiger partial charge in [-0.25, -0.2) is 4.39 Å². The van der Waals surface area contributed by atoms with Crippen LogP contribution in [0.5, 0.6) is 5.75 Å². The van der Waals surface area contributed by atoms with Crippen molar-refractivity contribution >= 4 is 11.9 Å². The number of methoxy groups -OCH3 is 1. The molecule has 0 saturated heterocycles. The van der Waals surface area contributed by atoms with E-state index >= 15 is 0 Å². The second-order valence-corrected chi connectivity index (χ2v) is 4.28. The number of allylic oxidation sites excluding steroid dienone is 1. The summed E-state index contributed by atoms with van der Waals surface area (Å²) in [5.74, 6) is -0.535. The molecule has 0 N–H and O–H groups in total. The normalized spacial score (nSPS) is 10.3. The van der Waals surface area contributed by atoms with Gasteiger partial charge >= 0.3 is 0 Å². The second kappa shape index (κ2) is 6.49. The van der Waals surface area contributed by atoms with Gasteiger partial charge < -0.3 is 4.74 Å². The van der Waals surface area contributed by atoms with Crippen LogP contribution in [0.4, 0.5) is 4.39 Å². The van der Waals surface area contributed by atoms with E-state index in [1.807, 2.05) is 6.07 Å². The molecular formula is C17H12FNO2. The van der Waals surface area contributed by atoms with Crippen molar-refractivity contribution in [2.24, 2.45) is 0 Å². The van der Waals surface area contributed by atoms with Crippen molar-refractivity contribution in [3.63, 3.8) is 0 Å². The molecule has 0 aliphatic heterocycles. The van der Waals surface area contributed by atoms with Crippen LogP contribution in [0.1, 0.15) is 21.5 Å². The molecular weight excluding hydrogens is 269 g/mol. The highest BCUT2D eigenvalue weighted by atomic mass is 19.1. The van der Waals surface area contributed by atoms with Gasteiger partial charge in [-0.3, -0.25) is 4.79 Å². The number of carbonyl (C=O) groups excluding carboxylic acids is 1. The molecule has 0 amide bonds. The fourth-order valence-electron chi connectivity index (χ4n) is 1.76. The Morgan fingerprint density at radius 1 is 1.24 bits per heavy atom. The summed E-state index contributed by atoms with van der Waals surface area (Å²) >= 11 is 0. The molecule has 0 bridgehead atoms. The summed E-state index contributed by atoms with van der Waals surface area (Å²) in [5.41, 5.74) is 1.53. The van der Waals surface area contributed by atoms with Crippen LogP contribution in [0.2, 0.25) is 0 Å². The number of ether oxygens (including phenoxy) is 1. The van der Waals surface area contributed by atoms with Gasteiger partial charge in [0.15, 0.2) is 17.3 Å². The van der Waals surface area contributed by atoms with E-state index in [1.54, 1.807) is 30.3 Å². The molecule has 21 heavy (non-hydrogen) atoms. The molecule has 2 rings (SSSR count). The van der Waals surface area contributed by atoms with E-state index in [9.17, 15) is 9.18 Å². The minimum absolute atomic E-state index is 0.158. The number of hydrogen-bond donors (Lipinski definition) is 0. The maximum Gasteiger partial charge on any atom is 0.185 e. The number of halogens is 1. The van der Waals surface area contributed by atoms with Crippen molar-refractivity contribution in [2.75, 3.05) is 7.11 Å². The standard InChI is InChI=1S/C17H12FNO2/c1-21-17-9-5-12(10-15(17)18)4-8-16(20)14-6-2-13(11-19)3-7-14/h2-10H,1H3. The Kier molecular flexibility index (Phi) is 4.47. The van der Waals surface area contributed by atoms with Crippen molar-refractivity contribution in [1.29, 1.82) is 5.26 Å². The van der Waals surface area contributed by atoms with E-state index in [4.69, 9.17) is 10.00 Å². The van der Waals surface area contributed by atoms with Gasteiger partial charge in [0.05, 0.1) is 18.7 Å². The maximum absolute atomic E-state index is 13.5. The Morgan fingerprint density at radius 2 is 1.95 bits per heavy atom. The largest absolute Gasteiger partial charge is 0.494 e. The molecule has 4 heteroatoms. The summed E-state index contributed by atoms with van der Waals surface area (Å²) in [6.07, 6.45) is 2.89. The summed E-state index contributed by atoms with van der Waals surface area (Å²) < 4.78 is 18.3. The van der Waals surface area contributed by atoms with E-state index in [0.717, 1.165) is 0 Å². The third-order valence-corrected chi connectivity index (χ3v) is 2.90. The lowest BCUT2D eigenvalue weighted by Gasteiger charge is -2.01. The number of hydrogen-bond acceptors (Lipinski definition) is 3. The van der Waals surface area contributed by atoms with Gasteiger partial charge in [0.25, 0.3) is 0 Å². The predicted octanol–water partition coefficient (Wildman–Crippen LogP) is 3.60. The number of nitriles is 1. The number of rotatable bonds is 4. The molecule has 0 heterocycles. The first kappa shape index (κ1) is 14.5. The third-order valence-electron chi connectivity index (χ3n) is 2.90. The molecule has 0 aliphatic rings. The van der Waals surface area contributed by atoms with E-state index < -0.39 is 5.82 Å². The van der Waals surface area contributed by atoms with Crippen LogP contribution >= 0.6 is 0 Å². The summed E-state index contributed by atoms with van der Waals surface area (Å²) in [6, 6.07) is 12.8. The third kappa shape index (κ3) is 3.54. The van der Waals surface area contributed by atoms with Gasteiger partial charge in [-0.2, -0.15) is 5.26 Å². The van der Waals surface area contributed by atoms with Gasteiger partial charge in [0.2, 0.25) is 0 Å². The number of carbonyl (C=O) groups is 1. The summed E-state index contributed by atoms with van der Waals surface area (Å²) in [6.45, 7) is 0. The summed E-state index contributed by atoms with van der Waals surface area (Å²) in [5, 5.41) is 8.69. The quantitative estimate of drug-likeness (QED) is 0.635. The van der Waals surface area contributed by atoms with Crippen molar-refractivity contribution in [1.82, 2.24) is 0 Å². The summed E-state index contributed by atoms with van der Waals surface area (Å²) in [7, 11) is 1.39. The SMILES string of the molecule is COc1ccc(C=CC(=O)c2ccc(C#N)cc2)cc1F. The van der Waals surface area contributed by atoms with Crippen LogP contribution in [-0.2, 0) is 0 Å². The predicted molar refractivity (Wildman–Crippen MR) is 77.5 cm³/mol. The molecule has 104 valence electrons. The van der Waals surface area contributed by atoms with Gasteiger partial charge in [-0.05, 0) is 48.0 Å². The first-order valence-corrected chi connectivity index (χ1v) is 6.20.